The van der Waals surface area contributed by atoms with Crippen LogP contribution in [0, 0.1) is 11.3 Å². The molecule has 0 spiro atoms. The SMILES string of the molecule is CC(C)n1c(Sc2ccc(C#N)cc2Cl)n[nH]c1=O. The molecule has 0 unspecified atom stereocenters. The van der Waals surface area contributed by atoms with E-state index in [1.807, 2.05) is 19.9 Å². The van der Waals surface area contributed by atoms with E-state index in [0.29, 0.717) is 15.7 Å². The van der Waals surface area contributed by atoms with Crippen LogP contribution in [0.2, 0.25) is 5.02 Å². The van der Waals surface area contributed by atoms with E-state index in [0.717, 1.165) is 4.90 Å². The minimum Gasteiger partial charge on any atom is -0.267 e. The summed E-state index contributed by atoms with van der Waals surface area (Å²) in [5, 5.41) is 16.2. The summed E-state index contributed by atoms with van der Waals surface area (Å²) >= 11 is 7.39. The molecule has 0 atom stereocenters. The highest BCUT2D eigenvalue weighted by atomic mass is 35.5. The largest absolute Gasteiger partial charge is 0.344 e. The summed E-state index contributed by atoms with van der Waals surface area (Å²) in [4.78, 5) is 12.4. The van der Waals surface area contributed by atoms with Crippen molar-refractivity contribution in [2.75, 3.05) is 0 Å². The first-order chi connectivity index (χ1) is 9.02. The number of benzene rings is 1. The normalized spacial score (nSPS) is 10.7. The van der Waals surface area contributed by atoms with Gasteiger partial charge in [-0.15, -0.1) is 5.10 Å². The minimum atomic E-state index is -0.248. The van der Waals surface area contributed by atoms with Crippen molar-refractivity contribution in [2.24, 2.45) is 0 Å². The van der Waals surface area contributed by atoms with Gasteiger partial charge in [-0.25, -0.2) is 9.89 Å². The second-order valence-electron chi connectivity index (χ2n) is 4.13. The van der Waals surface area contributed by atoms with Crippen LogP contribution in [-0.2, 0) is 0 Å². The van der Waals surface area contributed by atoms with E-state index in [1.165, 1.54) is 11.8 Å². The average molecular weight is 295 g/mol. The van der Waals surface area contributed by atoms with Crippen LogP contribution >= 0.6 is 23.4 Å². The number of nitrogens with zero attached hydrogens (tertiary/aromatic N) is 3. The maximum Gasteiger partial charge on any atom is 0.344 e. The molecule has 1 heterocycles. The van der Waals surface area contributed by atoms with Crippen LogP contribution in [0.25, 0.3) is 0 Å². The van der Waals surface area contributed by atoms with Crippen molar-refractivity contribution in [1.82, 2.24) is 14.8 Å². The van der Waals surface area contributed by atoms with Crippen LogP contribution in [-0.4, -0.2) is 14.8 Å². The lowest BCUT2D eigenvalue weighted by molar-refractivity contribution is 0.534. The fraction of sp³-hybridized carbons (Fsp3) is 0.250. The molecule has 0 fully saturated rings. The minimum absolute atomic E-state index is 0.00547. The summed E-state index contributed by atoms with van der Waals surface area (Å²) < 4.78 is 1.55. The summed E-state index contributed by atoms with van der Waals surface area (Å²) in [6.07, 6.45) is 0. The third-order valence-corrected chi connectivity index (χ3v) is 3.92. The lowest BCUT2D eigenvalue weighted by Gasteiger charge is -2.09. The molecule has 2 aromatic rings. The van der Waals surface area contributed by atoms with Gasteiger partial charge in [0, 0.05) is 10.9 Å². The Bertz CT molecular complexity index is 698. The lowest BCUT2D eigenvalue weighted by atomic mass is 10.2. The van der Waals surface area contributed by atoms with E-state index >= 15 is 0 Å². The van der Waals surface area contributed by atoms with Crippen LogP contribution < -0.4 is 5.69 Å². The lowest BCUT2D eigenvalue weighted by Crippen LogP contribution is -2.19. The Balaban J connectivity index is 2.37. The van der Waals surface area contributed by atoms with Crippen LogP contribution in [0.1, 0.15) is 25.5 Å². The number of H-pyrrole nitrogens is 1. The first kappa shape index (κ1) is 13.7. The molecule has 0 bridgehead atoms. The van der Waals surface area contributed by atoms with Crippen molar-refractivity contribution in [3.05, 3.63) is 39.3 Å². The fourth-order valence-electron chi connectivity index (χ4n) is 1.57. The molecule has 2 rings (SSSR count). The molecule has 7 heteroatoms. The van der Waals surface area contributed by atoms with Gasteiger partial charge in [-0.3, -0.25) is 4.57 Å². The Morgan fingerprint density at radius 3 is 2.84 bits per heavy atom. The van der Waals surface area contributed by atoms with Crippen molar-refractivity contribution >= 4 is 23.4 Å². The van der Waals surface area contributed by atoms with Gasteiger partial charge < -0.3 is 0 Å². The third kappa shape index (κ3) is 2.83. The highest BCUT2D eigenvalue weighted by Crippen LogP contribution is 2.32. The Kier molecular flexibility index (Phi) is 3.98. The number of hydrogen-bond donors (Lipinski definition) is 1. The molecule has 19 heavy (non-hydrogen) atoms. The van der Waals surface area contributed by atoms with Crippen LogP contribution in [0.3, 0.4) is 0 Å². The summed E-state index contributed by atoms with van der Waals surface area (Å²) in [5.41, 5.74) is 0.250. The smallest absolute Gasteiger partial charge is 0.267 e. The molecular formula is C12H11ClN4OS. The van der Waals surface area contributed by atoms with Gasteiger partial charge in [0.15, 0.2) is 5.16 Å². The average Bonchev–Trinajstić information content (AvgIpc) is 2.73. The number of nitrogens with one attached hydrogen (secondary N) is 1. The predicted molar refractivity (Wildman–Crippen MR) is 73.5 cm³/mol. The summed E-state index contributed by atoms with van der Waals surface area (Å²) in [6.45, 7) is 3.81. The van der Waals surface area contributed by atoms with Gasteiger partial charge in [0.25, 0.3) is 0 Å². The van der Waals surface area contributed by atoms with E-state index in [1.54, 1.807) is 22.8 Å². The molecule has 0 saturated heterocycles. The molecule has 0 amide bonds. The highest BCUT2D eigenvalue weighted by molar-refractivity contribution is 7.99. The molecule has 0 radical (unpaired) electrons. The fourth-order valence-corrected chi connectivity index (χ4v) is 2.84. The summed E-state index contributed by atoms with van der Waals surface area (Å²) in [6, 6.07) is 7.04. The van der Waals surface area contributed by atoms with E-state index < -0.39 is 0 Å². The Labute approximate surface area is 119 Å². The van der Waals surface area contributed by atoms with Gasteiger partial charge in [-0.05, 0) is 43.8 Å². The first-order valence-corrected chi connectivity index (χ1v) is 6.76. The molecular weight excluding hydrogens is 284 g/mol. The molecule has 0 aliphatic rings. The zero-order chi connectivity index (χ0) is 14.0. The van der Waals surface area contributed by atoms with Crippen molar-refractivity contribution < 1.29 is 0 Å². The van der Waals surface area contributed by atoms with Gasteiger partial charge in [-0.1, -0.05) is 11.6 Å². The van der Waals surface area contributed by atoms with Crippen LogP contribution in [0.15, 0.2) is 33.0 Å². The standard InChI is InChI=1S/C12H11ClN4OS/c1-7(2)17-11(18)15-16-12(17)19-10-4-3-8(6-14)5-9(10)13/h3-5,7H,1-2H3,(H,15,18). The number of halogens is 1. The topological polar surface area (TPSA) is 74.5 Å². The van der Waals surface area contributed by atoms with Gasteiger partial charge >= 0.3 is 5.69 Å². The number of aromatic amines is 1. The first-order valence-electron chi connectivity index (χ1n) is 5.57. The van der Waals surface area contributed by atoms with Gasteiger partial charge in [-0.2, -0.15) is 5.26 Å². The Morgan fingerprint density at radius 2 is 2.26 bits per heavy atom. The predicted octanol–water partition coefficient (Wildman–Crippen LogP) is 2.83. The number of hydrogen-bond acceptors (Lipinski definition) is 4. The monoisotopic (exact) mass is 294 g/mol. The molecule has 98 valence electrons. The molecule has 0 aliphatic heterocycles. The second-order valence-corrected chi connectivity index (χ2v) is 5.55. The van der Waals surface area contributed by atoms with E-state index in [-0.39, 0.29) is 11.7 Å². The molecule has 5 nitrogen and oxygen atoms in total. The van der Waals surface area contributed by atoms with Gasteiger partial charge in [0.05, 0.1) is 16.7 Å². The van der Waals surface area contributed by atoms with E-state index in [9.17, 15) is 4.79 Å². The van der Waals surface area contributed by atoms with Crippen molar-refractivity contribution in [3.8, 4) is 6.07 Å². The molecule has 0 saturated carbocycles. The summed E-state index contributed by atoms with van der Waals surface area (Å²) in [5.74, 6) is 0. The maximum absolute atomic E-state index is 11.6. The highest BCUT2D eigenvalue weighted by Gasteiger charge is 2.14. The zero-order valence-corrected chi connectivity index (χ0v) is 11.9. The van der Waals surface area contributed by atoms with Crippen molar-refractivity contribution in [3.63, 3.8) is 0 Å². The van der Waals surface area contributed by atoms with E-state index in [2.05, 4.69) is 10.2 Å². The molecule has 1 N–H and O–H groups in total. The number of nitriles is 1. The zero-order valence-electron chi connectivity index (χ0n) is 10.3. The summed E-state index contributed by atoms with van der Waals surface area (Å²) in [7, 11) is 0. The molecule has 1 aromatic heterocycles. The van der Waals surface area contributed by atoms with Crippen molar-refractivity contribution in [2.45, 2.75) is 29.9 Å². The number of aromatic nitrogens is 3. The van der Waals surface area contributed by atoms with Crippen molar-refractivity contribution in [1.29, 1.82) is 5.26 Å². The Hall–Kier alpha value is -1.71. The molecule has 0 aliphatic carbocycles. The van der Waals surface area contributed by atoms with E-state index in [4.69, 9.17) is 16.9 Å². The Morgan fingerprint density at radius 1 is 1.53 bits per heavy atom. The molecule has 1 aromatic carbocycles. The third-order valence-electron chi connectivity index (χ3n) is 2.45. The van der Waals surface area contributed by atoms with Gasteiger partial charge in [0.1, 0.15) is 0 Å². The quantitative estimate of drug-likeness (QED) is 0.944. The second kappa shape index (κ2) is 5.51. The van der Waals surface area contributed by atoms with Gasteiger partial charge in [0.2, 0.25) is 0 Å². The maximum atomic E-state index is 11.6. The van der Waals surface area contributed by atoms with Crippen LogP contribution in [0.5, 0.6) is 0 Å². The van der Waals surface area contributed by atoms with Crippen LogP contribution in [0.4, 0.5) is 0 Å². The number of rotatable bonds is 3.